The maximum absolute atomic E-state index is 6.34. The van der Waals surface area contributed by atoms with E-state index in [1.165, 1.54) is 11.1 Å². The van der Waals surface area contributed by atoms with Crippen molar-refractivity contribution >= 4 is 33.8 Å². The van der Waals surface area contributed by atoms with E-state index in [2.05, 4.69) is 98.2 Å². The molecular formula is C33H22N4OPt-2. The van der Waals surface area contributed by atoms with E-state index >= 15 is 0 Å². The normalized spacial score (nSPS) is 15.6. The maximum Gasteiger partial charge on any atom is 0.135 e. The van der Waals surface area contributed by atoms with Crippen molar-refractivity contribution in [3.05, 3.63) is 127 Å². The average molecular weight is 686 g/mol. The Kier molecular flexibility index (Phi) is 5.82. The third-order valence-corrected chi connectivity index (χ3v) is 7.40. The van der Waals surface area contributed by atoms with Crippen LogP contribution < -0.4 is 9.64 Å². The number of anilines is 1. The molecule has 0 spiro atoms. The fourth-order valence-corrected chi connectivity index (χ4v) is 5.73. The summed E-state index contributed by atoms with van der Waals surface area (Å²) in [5, 5.41) is 2.27. The molecule has 6 aromatic rings. The van der Waals surface area contributed by atoms with Crippen molar-refractivity contribution < 1.29 is 30.4 Å². The molecular weight excluding hydrogens is 663 g/mol. The average Bonchev–Trinajstić information content (AvgIpc) is 3.48. The standard InChI is InChI=1S/C33H22N4O.Pt/c1-2-11-27-23(8-1)20-35-21-32(27)36(22-35)24-9-7-10-25(18-24)38-26-15-16-29-28-12-3-4-13-30(28)37(31(29)19-26)33-14-5-6-17-34-33;/h1-17,32H,20-21H2;/q-2;. The van der Waals surface area contributed by atoms with E-state index in [9.17, 15) is 0 Å². The summed E-state index contributed by atoms with van der Waals surface area (Å²) in [4.78, 5) is 6.80. The number of ether oxygens (including phenoxy) is 1. The van der Waals surface area contributed by atoms with Gasteiger partial charge in [-0.3, -0.25) is 0 Å². The van der Waals surface area contributed by atoms with Gasteiger partial charge in [0.15, 0.2) is 0 Å². The van der Waals surface area contributed by atoms with E-state index in [0.29, 0.717) is 11.5 Å². The molecule has 2 aromatic heterocycles. The Hall–Kier alpha value is -4.21. The fraction of sp³-hybridized carbons (Fsp3) is 0.0909. The molecule has 0 saturated carbocycles. The van der Waals surface area contributed by atoms with E-state index in [0.717, 1.165) is 46.4 Å². The molecule has 0 saturated heterocycles. The molecule has 4 heterocycles. The van der Waals surface area contributed by atoms with Crippen LogP contribution in [-0.4, -0.2) is 27.0 Å². The monoisotopic (exact) mass is 685 g/mol. The Morgan fingerprint density at radius 2 is 1.64 bits per heavy atom. The van der Waals surface area contributed by atoms with Crippen molar-refractivity contribution in [2.75, 3.05) is 11.4 Å². The molecule has 0 radical (unpaired) electrons. The van der Waals surface area contributed by atoms with Crippen LogP contribution in [0.3, 0.4) is 0 Å². The smallest absolute Gasteiger partial charge is 0.135 e. The number of nitrogens with zero attached hydrogens (tertiary/aromatic N) is 4. The van der Waals surface area contributed by atoms with Gasteiger partial charge in [0.25, 0.3) is 0 Å². The Bertz CT molecular complexity index is 1880. The van der Waals surface area contributed by atoms with Gasteiger partial charge in [-0.15, -0.1) is 29.3 Å². The van der Waals surface area contributed by atoms with Crippen molar-refractivity contribution in [2.24, 2.45) is 0 Å². The number of hydrogen-bond acceptors (Lipinski definition) is 3. The fourth-order valence-electron chi connectivity index (χ4n) is 5.73. The zero-order chi connectivity index (χ0) is 25.1. The van der Waals surface area contributed by atoms with Gasteiger partial charge in [-0.25, -0.2) is 11.1 Å². The first-order chi connectivity index (χ1) is 18.8. The van der Waals surface area contributed by atoms with Gasteiger partial charge in [0.05, 0.1) is 6.54 Å². The van der Waals surface area contributed by atoms with Crippen LogP contribution in [-0.2, 0) is 27.6 Å². The molecule has 2 bridgehead atoms. The first-order valence-corrected chi connectivity index (χ1v) is 12.8. The molecule has 0 aliphatic carbocycles. The van der Waals surface area contributed by atoms with Crippen molar-refractivity contribution in [2.45, 2.75) is 12.6 Å². The van der Waals surface area contributed by atoms with E-state index in [-0.39, 0.29) is 27.1 Å². The molecule has 2 aliphatic rings. The molecule has 4 aromatic carbocycles. The predicted molar refractivity (Wildman–Crippen MR) is 148 cm³/mol. The molecule has 5 nitrogen and oxygen atoms in total. The molecule has 39 heavy (non-hydrogen) atoms. The summed E-state index contributed by atoms with van der Waals surface area (Å²) in [5.41, 5.74) is 5.67. The van der Waals surface area contributed by atoms with Gasteiger partial charge in [0.1, 0.15) is 24.7 Å². The van der Waals surface area contributed by atoms with E-state index in [4.69, 9.17) is 4.74 Å². The zero-order valence-corrected chi connectivity index (χ0v) is 23.1. The van der Waals surface area contributed by atoms with Gasteiger partial charge >= 0.3 is 0 Å². The first kappa shape index (κ1) is 23.9. The summed E-state index contributed by atoms with van der Waals surface area (Å²) >= 11 is 0. The topological polar surface area (TPSA) is 33.3 Å². The molecule has 8 rings (SSSR count). The third kappa shape index (κ3) is 3.97. The SMILES string of the molecule is [C-]1=[N+]2Cc3ccccc3C(C2)N1c1[c-]c(Oc2[c-]c3c(cc2)c2ccccc2n3-c2ccccn2)ccc1.[Pt]. The summed E-state index contributed by atoms with van der Waals surface area (Å²) in [7, 11) is 0. The van der Waals surface area contributed by atoms with E-state index in [1.54, 1.807) is 0 Å². The minimum absolute atomic E-state index is 0. The summed E-state index contributed by atoms with van der Waals surface area (Å²) in [6.45, 7) is 1.82. The van der Waals surface area contributed by atoms with Crippen LogP contribution in [0.25, 0.3) is 27.6 Å². The summed E-state index contributed by atoms with van der Waals surface area (Å²) in [6.07, 6.45) is 5.35. The first-order valence-electron chi connectivity index (χ1n) is 12.8. The number of hydrogen-bond donors (Lipinski definition) is 0. The molecule has 0 fully saturated rings. The van der Waals surface area contributed by atoms with Crippen LogP contribution in [0.4, 0.5) is 5.69 Å². The molecule has 192 valence electrons. The van der Waals surface area contributed by atoms with Crippen LogP contribution in [0.1, 0.15) is 17.2 Å². The van der Waals surface area contributed by atoms with Crippen molar-refractivity contribution in [1.82, 2.24) is 9.55 Å². The third-order valence-electron chi connectivity index (χ3n) is 7.40. The molecule has 2 aliphatic heterocycles. The number of benzene rings is 4. The Labute approximate surface area is 240 Å². The van der Waals surface area contributed by atoms with Gasteiger partial charge in [-0.1, -0.05) is 54.0 Å². The molecule has 0 N–H and O–H groups in total. The number of pyridine rings is 1. The molecule has 1 atom stereocenters. The van der Waals surface area contributed by atoms with Crippen molar-refractivity contribution in [3.8, 4) is 17.3 Å². The number of aromatic nitrogens is 2. The second-order valence-corrected chi connectivity index (χ2v) is 9.69. The Balaban J connectivity index is 0.00000253. The second kappa shape index (κ2) is 9.51. The van der Waals surface area contributed by atoms with Gasteiger partial charge in [0, 0.05) is 44.1 Å². The van der Waals surface area contributed by atoms with Gasteiger partial charge < -0.3 is 18.8 Å². The Morgan fingerprint density at radius 1 is 0.795 bits per heavy atom. The van der Waals surface area contributed by atoms with Gasteiger partial charge in [0.2, 0.25) is 0 Å². The largest absolute Gasteiger partial charge is 0.511 e. The number of fused-ring (bicyclic) bond motifs is 7. The quantitative estimate of drug-likeness (QED) is 0.156. The van der Waals surface area contributed by atoms with Crippen LogP contribution in [0.15, 0.2) is 103 Å². The summed E-state index contributed by atoms with van der Waals surface area (Å²) in [6, 6.07) is 40.3. The Morgan fingerprint density at radius 3 is 2.56 bits per heavy atom. The van der Waals surface area contributed by atoms with Gasteiger partial charge in [-0.2, -0.15) is 18.2 Å². The minimum Gasteiger partial charge on any atom is -0.511 e. The van der Waals surface area contributed by atoms with Crippen LogP contribution in [0, 0.1) is 12.1 Å². The van der Waals surface area contributed by atoms with Crippen LogP contribution >= 0.6 is 0 Å². The number of rotatable bonds is 4. The summed E-state index contributed by atoms with van der Waals surface area (Å²) < 4.78 is 10.7. The molecule has 1 unspecified atom stereocenters. The minimum atomic E-state index is 0. The van der Waals surface area contributed by atoms with E-state index in [1.807, 2.05) is 42.6 Å². The second-order valence-electron chi connectivity index (χ2n) is 9.69. The zero-order valence-electron chi connectivity index (χ0n) is 20.8. The predicted octanol–water partition coefficient (Wildman–Crippen LogP) is 6.56. The van der Waals surface area contributed by atoms with Crippen LogP contribution in [0.5, 0.6) is 11.5 Å². The van der Waals surface area contributed by atoms with Gasteiger partial charge in [-0.05, 0) is 34.9 Å². The number of para-hydroxylation sites is 1. The van der Waals surface area contributed by atoms with E-state index < -0.39 is 0 Å². The summed E-state index contributed by atoms with van der Waals surface area (Å²) in [5.74, 6) is 2.13. The maximum atomic E-state index is 6.34. The van der Waals surface area contributed by atoms with Crippen LogP contribution in [0.2, 0.25) is 0 Å². The van der Waals surface area contributed by atoms with Crippen molar-refractivity contribution in [3.63, 3.8) is 0 Å². The van der Waals surface area contributed by atoms with Crippen molar-refractivity contribution in [1.29, 1.82) is 0 Å². The molecule has 6 heteroatoms. The molecule has 0 amide bonds.